The molecule has 5 nitrogen and oxygen atoms in total. The van der Waals surface area contributed by atoms with Crippen molar-refractivity contribution in [3.63, 3.8) is 0 Å². The molecule has 140 valence electrons. The van der Waals surface area contributed by atoms with Gasteiger partial charge in [-0.15, -0.1) is 0 Å². The van der Waals surface area contributed by atoms with E-state index < -0.39 is 0 Å². The molecule has 0 aromatic heterocycles. The first-order valence-electron chi connectivity index (χ1n) is 9.00. The van der Waals surface area contributed by atoms with Gasteiger partial charge in [-0.1, -0.05) is 12.1 Å². The van der Waals surface area contributed by atoms with Gasteiger partial charge in [0, 0.05) is 38.4 Å². The molecule has 0 aliphatic carbocycles. The van der Waals surface area contributed by atoms with E-state index in [1.165, 1.54) is 16.8 Å². The summed E-state index contributed by atoms with van der Waals surface area (Å²) < 4.78 is 10.5. The molecule has 1 N–H and O–H groups in total. The minimum Gasteiger partial charge on any atom is -0.502 e. The summed E-state index contributed by atoms with van der Waals surface area (Å²) in [6.07, 6.45) is 0. The fraction of sp³-hybridized carbons (Fsp3) is 0.429. The zero-order valence-corrected chi connectivity index (χ0v) is 16.1. The van der Waals surface area contributed by atoms with Crippen LogP contribution in [0.4, 0.5) is 5.69 Å². The van der Waals surface area contributed by atoms with Crippen molar-refractivity contribution in [1.29, 1.82) is 0 Å². The first kappa shape index (κ1) is 18.4. The summed E-state index contributed by atoms with van der Waals surface area (Å²) in [5, 5.41) is 10.1. The number of benzene rings is 2. The number of aromatic hydroxyl groups is 1. The molecule has 5 heteroatoms. The highest BCUT2D eigenvalue weighted by Gasteiger charge is 2.20. The van der Waals surface area contributed by atoms with Gasteiger partial charge in [0.05, 0.1) is 14.2 Å². The molecule has 3 rings (SSSR count). The van der Waals surface area contributed by atoms with Crippen LogP contribution in [0.3, 0.4) is 0 Å². The number of piperazine rings is 1. The van der Waals surface area contributed by atoms with Crippen LogP contribution >= 0.6 is 0 Å². The number of ether oxygens (including phenoxy) is 2. The maximum absolute atomic E-state index is 10.1. The lowest BCUT2D eigenvalue weighted by molar-refractivity contribution is 0.248. The standard InChI is InChI=1S/C21H28N2O3/c1-15-5-6-16(2)18(11-15)23-9-7-22(8-10-23)14-17-12-19(25-3)21(24)20(13-17)26-4/h5-6,11-13,24H,7-10,14H2,1-4H3. The Morgan fingerprint density at radius 2 is 1.54 bits per heavy atom. The number of hydrogen-bond donors (Lipinski definition) is 1. The highest BCUT2D eigenvalue weighted by Crippen LogP contribution is 2.37. The highest BCUT2D eigenvalue weighted by atomic mass is 16.5. The second-order valence-corrected chi connectivity index (χ2v) is 6.90. The zero-order valence-electron chi connectivity index (χ0n) is 16.1. The molecule has 0 spiro atoms. The van der Waals surface area contributed by atoms with Gasteiger partial charge in [-0.05, 0) is 48.7 Å². The Bertz CT molecular complexity index is 743. The van der Waals surface area contributed by atoms with E-state index in [4.69, 9.17) is 9.47 Å². The number of anilines is 1. The summed E-state index contributed by atoms with van der Waals surface area (Å²) in [6.45, 7) is 9.15. The van der Waals surface area contributed by atoms with Crippen molar-refractivity contribution in [2.45, 2.75) is 20.4 Å². The zero-order chi connectivity index (χ0) is 18.7. The Kier molecular flexibility index (Phi) is 5.57. The molecule has 0 atom stereocenters. The Balaban J connectivity index is 1.67. The number of nitrogens with zero attached hydrogens (tertiary/aromatic N) is 2. The number of hydrogen-bond acceptors (Lipinski definition) is 5. The van der Waals surface area contributed by atoms with E-state index >= 15 is 0 Å². The van der Waals surface area contributed by atoms with Crippen molar-refractivity contribution in [2.24, 2.45) is 0 Å². The largest absolute Gasteiger partial charge is 0.502 e. The first-order valence-corrected chi connectivity index (χ1v) is 9.00. The normalized spacial score (nSPS) is 15.2. The van der Waals surface area contributed by atoms with E-state index in [9.17, 15) is 5.11 Å². The van der Waals surface area contributed by atoms with Crippen LogP contribution in [-0.4, -0.2) is 50.4 Å². The molecule has 0 radical (unpaired) electrons. The van der Waals surface area contributed by atoms with Gasteiger partial charge in [-0.3, -0.25) is 4.90 Å². The van der Waals surface area contributed by atoms with E-state index in [0.29, 0.717) is 11.5 Å². The van der Waals surface area contributed by atoms with Gasteiger partial charge in [0.15, 0.2) is 11.5 Å². The van der Waals surface area contributed by atoms with Crippen LogP contribution in [0.1, 0.15) is 16.7 Å². The Morgan fingerprint density at radius 3 is 2.12 bits per heavy atom. The van der Waals surface area contributed by atoms with Crippen molar-refractivity contribution in [3.8, 4) is 17.2 Å². The van der Waals surface area contributed by atoms with E-state index in [2.05, 4.69) is 41.8 Å². The third-order valence-electron chi connectivity index (χ3n) is 5.02. The van der Waals surface area contributed by atoms with Gasteiger partial charge in [0.2, 0.25) is 5.75 Å². The molecule has 1 fully saturated rings. The van der Waals surface area contributed by atoms with Crippen molar-refractivity contribution in [2.75, 3.05) is 45.3 Å². The summed E-state index contributed by atoms with van der Waals surface area (Å²) in [6, 6.07) is 10.4. The second-order valence-electron chi connectivity index (χ2n) is 6.90. The van der Waals surface area contributed by atoms with Crippen molar-refractivity contribution in [1.82, 2.24) is 4.90 Å². The SMILES string of the molecule is COc1cc(CN2CCN(c3cc(C)ccc3C)CC2)cc(OC)c1O. The number of phenolic OH excluding ortho intramolecular Hbond substituents is 1. The predicted octanol–water partition coefficient (Wildman–Crippen LogP) is 3.35. The average molecular weight is 356 g/mol. The lowest BCUT2D eigenvalue weighted by Gasteiger charge is -2.37. The molecule has 0 unspecified atom stereocenters. The molecule has 0 saturated carbocycles. The summed E-state index contributed by atoms with van der Waals surface area (Å²) >= 11 is 0. The van der Waals surface area contributed by atoms with Gasteiger partial charge >= 0.3 is 0 Å². The topological polar surface area (TPSA) is 45.2 Å². The lowest BCUT2D eigenvalue weighted by Crippen LogP contribution is -2.46. The van der Waals surface area contributed by atoms with E-state index in [1.807, 2.05) is 12.1 Å². The van der Waals surface area contributed by atoms with Crippen LogP contribution in [0, 0.1) is 13.8 Å². The third kappa shape index (κ3) is 3.88. The molecule has 26 heavy (non-hydrogen) atoms. The smallest absolute Gasteiger partial charge is 0.200 e. The van der Waals surface area contributed by atoms with Gasteiger partial charge in [0.1, 0.15) is 0 Å². The molecule has 1 aliphatic rings. The van der Waals surface area contributed by atoms with Crippen molar-refractivity contribution in [3.05, 3.63) is 47.0 Å². The lowest BCUT2D eigenvalue weighted by atomic mass is 10.1. The Hall–Kier alpha value is -2.40. The summed E-state index contributed by atoms with van der Waals surface area (Å²) in [4.78, 5) is 4.89. The summed E-state index contributed by atoms with van der Waals surface area (Å²) in [5.74, 6) is 0.959. The van der Waals surface area contributed by atoms with E-state index in [-0.39, 0.29) is 5.75 Å². The van der Waals surface area contributed by atoms with Crippen LogP contribution in [0.25, 0.3) is 0 Å². The summed E-state index contributed by atoms with van der Waals surface area (Å²) in [7, 11) is 3.11. The fourth-order valence-corrected chi connectivity index (χ4v) is 3.50. The average Bonchev–Trinajstić information content (AvgIpc) is 2.65. The molecule has 2 aromatic carbocycles. The summed E-state index contributed by atoms with van der Waals surface area (Å²) in [5.41, 5.74) is 5.06. The molecule has 1 aliphatic heterocycles. The second kappa shape index (κ2) is 7.87. The van der Waals surface area contributed by atoms with Crippen LogP contribution in [0.5, 0.6) is 17.2 Å². The molecular formula is C21H28N2O3. The molecule has 0 bridgehead atoms. The van der Waals surface area contributed by atoms with Crippen molar-refractivity contribution < 1.29 is 14.6 Å². The molecule has 0 amide bonds. The predicted molar refractivity (Wildman–Crippen MR) is 105 cm³/mol. The van der Waals surface area contributed by atoms with E-state index in [1.54, 1.807) is 14.2 Å². The first-order chi connectivity index (χ1) is 12.5. The van der Waals surface area contributed by atoms with Gasteiger partial charge in [0.25, 0.3) is 0 Å². The quantitative estimate of drug-likeness (QED) is 0.890. The molecule has 1 heterocycles. The van der Waals surface area contributed by atoms with Gasteiger partial charge in [-0.2, -0.15) is 0 Å². The Labute approximate surface area is 155 Å². The number of methoxy groups -OCH3 is 2. The molecule has 1 saturated heterocycles. The van der Waals surface area contributed by atoms with Gasteiger partial charge < -0.3 is 19.5 Å². The van der Waals surface area contributed by atoms with Crippen molar-refractivity contribution >= 4 is 5.69 Å². The maximum atomic E-state index is 10.1. The molecule has 2 aromatic rings. The highest BCUT2D eigenvalue weighted by molar-refractivity contribution is 5.55. The number of phenols is 1. The third-order valence-corrected chi connectivity index (χ3v) is 5.02. The monoisotopic (exact) mass is 356 g/mol. The fourth-order valence-electron chi connectivity index (χ4n) is 3.50. The van der Waals surface area contributed by atoms with Gasteiger partial charge in [-0.25, -0.2) is 0 Å². The minimum absolute atomic E-state index is 0.0542. The van der Waals surface area contributed by atoms with Crippen LogP contribution < -0.4 is 14.4 Å². The van der Waals surface area contributed by atoms with Crippen LogP contribution in [-0.2, 0) is 6.54 Å². The number of rotatable bonds is 5. The van der Waals surface area contributed by atoms with Crippen LogP contribution in [0.2, 0.25) is 0 Å². The molecular weight excluding hydrogens is 328 g/mol. The Morgan fingerprint density at radius 1 is 0.923 bits per heavy atom. The van der Waals surface area contributed by atoms with Crippen LogP contribution in [0.15, 0.2) is 30.3 Å². The van der Waals surface area contributed by atoms with E-state index in [0.717, 1.165) is 38.3 Å². The maximum Gasteiger partial charge on any atom is 0.200 e. The minimum atomic E-state index is 0.0542. The number of aryl methyl sites for hydroxylation is 2.